The molecule has 1 aromatic carbocycles. The molecule has 0 saturated heterocycles. The zero-order valence-electron chi connectivity index (χ0n) is 6.18. The van der Waals surface area contributed by atoms with Crippen LogP contribution in [0.3, 0.4) is 0 Å². The molecule has 12 heavy (non-hydrogen) atoms. The van der Waals surface area contributed by atoms with Crippen molar-refractivity contribution < 1.29 is 13.6 Å². The fourth-order valence-electron chi connectivity index (χ4n) is 0.814. The second kappa shape index (κ2) is 3.26. The number of halogens is 2. The van der Waals surface area contributed by atoms with Crippen LogP contribution in [0.2, 0.25) is 0 Å². The van der Waals surface area contributed by atoms with Gasteiger partial charge in [-0.25, -0.2) is 8.78 Å². The number of benzene rings is 1. The SMILES string of the molecule is C=CC(=O)c1cc(F)cc(F)c1. The summed E-state index contributed by atoms with van der Waals surface area (Å²) in [5.41, 5.74) is -0.0255. The Kier molecular flexibility index (Phi) is 2.33. The molecule has 0 heterocycles. The van der Waals surface area contributed by atoms with Gasteiger partial charge in [-0.2, -0.15) is 0 Å². The van der Waals surface area contributed by atoms with Crippen LogP contribution >= 0.6 is 0 Å². The predicted molar refractivity (Wildman–Crippen MR) is 40.9 cm³/mol. The highest BCUT2D eigenvalue weighted by atomic mass is 19.1. The fourth-order valence-corrected chi connectivity index (χ4v) is 0.814. The molecule has 0 spiro atoms. The fraction of sp³-hybridized carbons (Fsp3) is 0. The van der Waals surface area contributed by atoms with Crippen molar-refractivity contribution in [2.75, 3.05) is 0 Å². The van der Waals surface area contributed by atoms with Crippen molar-refractivity contribution >= 4 is 5.78 Å². The highest BCUT2D eigenvalue weighted by Gasteiger charge is 2.04. The molecule has 0 fully saturated rings. The quantitative estimate of drug-likeness (QED) is 0.489. The molecule has 62 valence electrons. The van der Waals surface area contributed by atoms with E-state index < -0.39 is 17.4 Å². The Labute approximate surface area is 68.3 Å². The average Bonchev–Trinajstić information content (AvgIpc) is 2.01. The van der Waals surface area contributed by atoms with E-state index in [2.05, 4.69) is 6.58 Å². The van der Waals surface area contributed by atoms with Gasteiger partial charge in [0, 0.05) is 11.6 Å². The van der Waals surface area contributed by atoms with Crippen LogP contribution in [-0.2, 0) is 0 Å². The van der Waals surface area contributed by atoms with Crippen molar-refractivity contribution in [3.63, 3.8) is 0 Å². The monoisotopic (exact) mass is 168 g/mol. The van der Waals surface area contributed by atoms with Crippen molar-refractivity contribution in [3.05, 3.63) is 48.1 Å². The molecule has 0 radical (unpaired) electrons. The number of hydrogen-bond acceptors (Lipinski definition) is 1. The normalized spacial score (nSPS) is 9.50. The van der Waals surface area contributed by atoms with E-state index in [1.54, 1.807) is 0 Å². The molecule has 1 nitrogen and oxygen atoms in total. The van der Waals surface area contributed by atoms with Gasteiger partial charge in [-0.05, 0) is 18.2 Å². The second-order valence-electron chi connectivity index (χ2n) is 2.23. The van der Waals surface area contributed by atoms with Crippen LogP contribution in [0.5, 0.6) is 0 Å². The number of rotatable bonds is 2. The molecule has 0 aliphatic rings. The molecule has 0 aromatic heterocycles. The van der Waals surface area contributed by atoms with Crippen LogP contribution in [-0.4, -0.2) is 5.78 Å². The molecule has 0 aliphatic heterocycles. The predicted octanol–water partition coefficient (Wildman–Crippen LogP) is 2.33. The molecule has 1 aromatic rings. The van der Waals surface area contributed by atoms with E-state index in [4.69, 9.17) is 0 Å². The van der Waals surface area contributed by atoms with Gasteiger partial charge in [0.2, 0.25) is 0 Å². The van der Waals surface area contributed by atoms with Crippen LogP contribution in [0.1, 0.15) is 10.4 Å². The number of ketones is 1. The third-order valence-electron chi connectivity index (χ3n) is 1.33. The molecule has 0 bridgehead atoms. The first kappa shape index (κ1) is 8.59. The van der Waals surface area contributed by atoms with Gasteiger partial charge in [0.25, 0.3) is 0 Å². The Balaban J connectivity index is 3.17. The lowest BCUT2D eigenvalue weighted by atomic mass is 10.1. The smallest absolute Gasteiger partial charge is 0.185 e. The number of allylic oxidation sites excluding steroid dienone is 1. The first-order valence-electron chi connectivity index (χ1n) is 3.26. The van der Waals surface area contributed by atoms with Crippen LogP contribution in [0.25, 0.3) is 0 Å². The number of carbonyl (C=O) groups is 1. The standard InChI is InChI=1S/C9H6F2O/c1-2-9(12)6-3-7(10)5-8(11)4-6/h2-5H,1H2. The van der Waals surface area contributed by atoms with Gasteiger partial charge in [0.15, 0.2) is 5.78 Å². The lowest BCUT2D eigenvalue weighted by Gasteiger charge is -1.95. The van der Waals surface area contributed by atoms with Gasteiger partial charge in [0.05, 0.1) is 0 Å². The molecule has 0 atom stereocenters. The average molecular weight is 168 g/mol. The molecule has 0 N–H and O–H groups in total. The summed E-state index contributed by atoms with van der Waals surface area (Å²) in [6.07, 6.45) is 1.01. The first-order valence-corrected chi connectivity index (χ1v) is 3.26. The molecule has 0 aliphatic carbocycles. The van der Waals surface area contributed by atoms with Crippen molar-refractivity contribution in [1.82, 2.24) is 0 Å². The third kappa shape index (κ3) is 1.75. The van der Waals surface area contributed by atoms with Gasteiger partial charge < -0.3 is 0 Å². The topological polar surface area (TPSA) is 17.1 Å². The van der Waals surface area contributed by atoms with E-state index in [-0.39, 0.29) is 5.56 Å². The van der Waals surface area contributed by atoms with E-state index in [0.717, 1.165) is 18.2 Å². The lowest BCUT2D eigenvalue weighted by Crippen LogP contribution is -1.95. The third-order valence-corrected chi connectivity index (χ3v) is 1.33. The van der Waals surface area contributed by atoms with E-state index in [9.17, 15) is 13.6 Å². The summed E-state index contributed by atoms with van der Waals surface area (Å²) in [6, 6.07) is 2.64. The lowest BCUT2D eigenvalue weighted by molar-refractivity contribution is 0.104. The molecule has 1 rings (SSSR count). The van der Waals surface area contributed by atoms with Gasteiger partial charge in [-0.3, -0.25) is 4.79 Å². The number of carbonyl (C=O) groups excluding carboxylic acids is 1. The zero-order chi connectivity index (χ0) is 9.14. The second-order valence-corrected chi connectivity index (χ2v) is 2.23. The number of hydrogen-bond donors (Lipinski definition) is 0. The van der Waals surface area contributed by atoms with Gasteiger partial charge >= 0.3 is 0 Å². The molecule has 0 unspecified atom stereocenters. The van der Waals surface area contributed by atoms with Crippen molar-refractivity contribution in [3.8, 4) is 0 Å². The van der Waals surface area contributed by atoms with Gasteiger partial charge in [0.1, 0.15) is 11.6 Å². The molecule has 0 amide bonds. The summed E-state index contributed by atoms with van der Waals surface area (Å²) in [5, 5.41) is 0. The van der Waals surface area contributed by atoms with E-state index in [1.807, 2.05) is 0 Å². The van der Waals surface area contributed by atoms with Crippen LogP contribution in [0.15, 0.2) is 30.9 Å². The largest absolute Gasteiger partial charge is 0.289 e. The maximum Gasteiger partial charge on any atom is 0.185 e. The summed E-state index contributed by atoms with van der Waals surface area (Å²) >= 11 is 0. The Hall–Kier alpha value is -1.51. The highest BCUT2D eigenvalue weighted by Crippen LogP contribution is 2.08. The molecule has 3 heteroatoms. The Morgan fingerprint density at radius 1 is 1.25 bits per heavy atom. The maximum atomic E-state index is 12.5. The van der Waals surface area contributed by atoms with Crippen LogP contribution < -0.4 is 0 Å². The Morgan fingerprint density at radius 3 is 2.17 bits per heavy atom. The minimum Gasteiger partial charge on any atom is -0.289 e. The van der Waals surface area contributed by atoms with Gasteiger partial charge in [-0.1, -0.05) is 6.58 Å². The van der Waals surface area contributed by atoms with E-state index >= 15 is 0 Å². The molecule has 0 saturated carbocycles. The van der Waals surface area contributed by atoms with E-state index in [0.29, 0.717) is 6.07 Å². The Bertz CT molecular complexity index is 311. The minimum atomic E-state index is -0.764. The van der Waals surface area contributed by atoms with Crippen molar-refractivity contribution in [1.29, 1.82) is 0 Å². The van der Waals surface area contributed by atoms with Crippen molar-refractivity contribution in [2.45, 2.75) is 0 Å². The highest BCUT2D eigenvalue weighted by molar-refractivity contribution is 6.04. The summed E-state index contributed by atoms with van der Waals surface area (Å²) in [4.78, 5) is 10.9. The van der Waals surface area contributed by atoms with Crippen molar-refractivity contribution in [2.24, 2.45) is 0 Å². The summed E-state index contributed by atoms with van der Waals surface area (Å²) in [7, 11) is 0. The van der Waals surface area contributed by atoms with E-state index in [1.165, 1.54) is 0 Å². The molecular weight excluding hydrogens is 162 g/mol. The summed E-state index contributed by atoms with van der Waals surface area (Å²) in [5.74, 6) is -2.02. The zero-order valence-corrected chi connectivity index (χ0v) is 6.18. The van der Waals surface area contributed by atoms with Crippen LogP contribution in [0.4, 0.5) is 8.78 Å². The van der Waals surface area contributed by atoms with Gasteiger partial charge in [-0.15, -0.1) is 0 Å². The summed E-state index contributed by atoms with van der Waals surface area (Å²) in [6.45, 7) is 3.20. The summed E-state index contributed by atoms with van der Waals surface area (Å²) < 4.78 is 25.0. The molecular formula is C9H6F2O. The maximum absolute atomic E-state index is 12.5. The first-order chi connectivity index (χ1) is 5.63. The Morgan fingerprint density at radius 2 is 1.75 bits per heavy atom. The van der Waals surface area contributed by atoms with Crippen LogP contribution in [0, 0.1) is 11.6 Å². The minimum absolute atomic E-state index is 0.0255.